The lowest BCUT2D eigenvalue weighted by Gasteiger charge is -2.39. The molecule has 1 fully saturated rings. The number of thiocarbonyl (C=S) groups is 1. The second-order valence-corrected chi connectivity index (χ2v) is 8.46. The van der Waals surface area contributed by atoms with E-state index >= 15 is 0 Å². The van der Waals surface area contributed by atoms with E-state index in [1.807, 2.05) is 35.4 Å². The summed E-state index contributed by atoms with van der Waals surface area (Å²) in [6.45, 7) is 3.19. The second-order valence-electron chi connectivity index (χ2n) is 7.50. The molecule has 0 saturated carbocycles. The Morgan fingerprint density at radius 3 is 2.30 bits per heavy atom. The van der Waals surface area contributed by atoms with Crippen LogP contribution in [0.25, 0.3) is 0 Å². The number of piperazine rings is 1. The summed E-state index contributed by atoms with van der Waals surface area (Å²) >= 11 is 11.3. The van der Waals surface area contributed by atoms with Gasteiger partial charge in [-0.05, 0) is 29.3 Å². The summed E-state index contributed by atoms with van der Waals surface area (Å²) in [6, 6.07) is 18.8. The van der Waals surface area contributed by atoms with Gasteiger partial charge < -0.3 is 0 Å². The van der Waals surface area contributed by atoms with Gasteiger partial charge in [0.15, 0.2) is 0 Å². The van der Waals surface area contributed by atoms with Gasteiger partial charge in [-0.3, -0.25) is 15.1 Å². The van der Waals surface area contributed by atoms with Crippen molar-refractivity contribution >= 4 is 34.6 Å². The van der Waals surface area contributed by atoms with Crippen LogP contribution in [0.1, 0.15) is 23.6 Å². The molecule has 1 saturated heterocycles. The zero-order valence-electron chi connectivity index (χ0n) is 16.6. The number of benzene rings is 2. The fourth-order valence-corrected chi connectivity index (χ4v) is 4.27. The van der Waals surface area contributed by atoms with Crippen LogP contribution in [0.4, 0.5) is 0 Å². The van der Waals surface area contributed by atoms with E-state index in [-0.39, 0.29) is 11.9 Å². The van der Waals surface area contributed by atoms with Gasteiger partial charge in [0.05, 0.1) is 6.04 Å². The summed E-state index contributed by atoms with van der Waals surface area (Å²) in [7, 11) is 0. The van der Waals surface area contributed by atoms with Crippen LogP contribution in [0, 0.1) is 0 Å². The normalized spacial score (nSPS) is 18.7. The molecule has 1 amide bonds. The lowest BCUT2D eigenvalue weighted by molar-refractivity contribution is -0.122. The number of nitrogens with zero attached hydrogens (tertiary/aromatic N) is 2. The van der Waals surface area contributed by atoms with E-state index in [4.69, 9.17) is 23.8 Å². The molecule has 4 nitrogen and oxygen atoms in total. The molecule has 6 heteroatoms. The Bertz CT molecular complexity index is 964. The summed E-state index contributed by atoms with van der Waals surface area (Å²) < 4.78 is 0. The number of hydrazine groups is 1. The molecule has 2 aromatic rings. The third-order valence-corrected chi connectivity index (χ3v) is 5.97. The van der Waals surface area contributed by atoms with Gasteiger partial charge in [-0.25, -0.2) is 5.01 Å². The van der Waals surface area contributed by atoms with Gasteiger partial charge in [0.25, 0.3) is 5.91 Å². The number of carbonyl (C=O) groups excluding carboxylic acids is 1. The van der Waals surface area contributed by atoms with Crippen LogP contribution in [-0.2, 0) is 4.79 Å². The first-order valence-electron chi connectivity index (χ1n) is 10.1. The van der Waals surface area contributed by atoms with Crippen molar-refractivity contribution in [2.24, 2.45) is 0 Å². The Kier molecular flexibility index (Phi) is 6.75. The maximum Gasteiger partial charge on any atom is 0.265 e. The molecule has 0 spiro atoms. The quantitative estimate of drug-likeness (QED) is 0.706. The first-order valence-corrected chi connectivity index (χ1v) is 10.9. The third-order valence-electron chi connectivity index (χ3n) is 5.44. The number of rotatable bonds is 5. The minimum Gasteiger partial charge on any atom is -0.290 e. The van der Waals surface area contributed by atoms with Crippen molar-refractivity contribution in [3.8, 4) is 0 Å². The van der Waals surface area contributed by atoms with Crippen LogP contribution in [0.15, 0.2) is 78.4 Å². The number of halogens is 1. The van der Waals surface area contributed by atoms with E-state index in [1.54, 1.807) is 6.08 Å². The zero-order chi connectivity index (χ0) is 20.9. The van der Waals surface area contributed by atoms with E-state index in [0.29, 0.717) is 5.57 Å². The molecule has 2 aliphatic rings. The van der Waals surface area contributed by atoms with Crippen molar-refractivity contribution < 1.29 is 4.79 Å². The number of hydrogen-bond donors (Lipinski definition) is 1. The lowest BCUT2D eigenvalue weighted by atomic mass is 9.96. The molecule has 30 heavy (non-hydrogen) atoms. The van der Waals surface area contributed by atoms with E-state index in [1.165, 1.54) is 11.1 Å². The van der Waals surface area contributed by atoms with Gasteiger partial charge in [-0.15, -0.1) is 0 Å². The van der Waals surface area contributed by atoms with E-state index in [9.17, 15) is 4.79 Å². The van der Waals surface area contributed by atoms with Crippen molar-refractivity contribution in [2.45, 2.75) is 12.5 Å². The Morgan fingerprint density at radius 1 is 0.967 bits per heavy atom. The minimum atomic E-state index is -0.0981. The van der Waals surface area contributed by atoms with Crippen LogP contribution in [-0.4, -0.2) is 46.9 Å². The van der Waals surface area contributed by atoms with Crippen molar-refractivity contribution in [3.05, 3.63) is 94.5 Å². The smallest absolute Gasteiger partial charge is 0.265 e. The average molecular weight is 438 g/mol. The summed E-state index contributed by atoms with van der Waals surface area (Å²) in [6.07, 6.45) is 6.29. The van der Waals surface area contributed by atoms with Crippen LogP contribution in [0.2, 0.25) is 5.02 Å². The number of nitrogens with one attached hydrogen (secondary N) is 1. The molecule has 4 rings (SSSR count). The standard InChI is InChI=1S/C24H24ClN3OS/c25-21-11-9-19(10-12-21)23(18-5-2-1-3-6-18)27-13-15-28(16-14-27)26-24(29)20-7-4-8-22(30)17-20/h1-7,9-12,17,23H,8,13-16H2,(H,26,29). The molecule has 1 unspecified atom stereocenters. The number of amides is 1. The molecule has 0 aromatic heterocycles. The highest BCUT2D eigenvalue weighted by Crippen LogP contribution is 2.30. The van der Waals surface area contributed by atoms with E-state index in [0.717, 1.165) is 42.5 Å². The molecule has 2 aromatic carbocycles. The van der Waals surface area contributed by atoms with Crippen molar-refractivity contribution in [1.29, 1.82) is 0 Å². The molecule has 1 aliphatic heterocycles. The molecular formula is C24H24ClN3OS. The predicted octanol–water partition coefficient (Wildman–Crippen LogP) is 4.33. The molecule has 1 N–H and O–H groups in total. The predicted molar refractivity (Wildman–Crippen MR) is 125 cm³/mol. The molecular weight excluding hydrogens is 414 g/mol. The molecule has 1 atom stereocenters. The van der Waals surface area contributed by atoms with Crippen LogP contribution in [0.3, 0.4) is 0 Å². The maximum absolute atomic E-state index is 12.5. The van der Waals surface area contributed by atoms with Crippen molar-refractivity contribution in [2.75, 3.05) is 26.2 Å². The van der Waals surface area contributed by atoms with Gasteiger partial charge in [-0.2, -0.15) is 0 Å². The molecule has 0 bridgehead atoms. The Balaban J connectivity index is 1.44. The molecule has 1 aliphatic carbocycles. The minimum absolute atomic E-state index is 0.0981. The van der Waals surface area contributed by atoms with E-state index < -0.39 is 0 Å². The van der Waals surface area contributed by atoms with Crippen molar-refractivity contribution in [3.63, 3.8) is 0 Å². The molecule has 0 radical (unpaired) electrons. The number of carbonyl (C=O) groups is 1. The lowest BCUT2D eigenvalue weighted by Crippen LogP contribution is -2.54. The highest BCUT2D eigenvalue weighted by atomic mass is 35.5. The zero-order valence-corrected chi connectivity index (χ0v) is 18.2. The van der Waals surface area contributed by atoms with Crippen LogP contribution in [0.5, 0.6) is 0 Å². The Labute approximate surface area is 187 Å². The highest BCUT2D eigenvalue weighted by Gasteiger charge is 2.27. The maximum atomic E-state index is 12.5. The SMILES string of the molecule is O=C(NN1CCN(C(c2ccccc2)c2ccc(Cl)cc2)CC1)C1=CC(=S)CC=C1. The molecule has 1 heterocycles. The highest BCUT2D eigenvalue weighted by molar-refractivity contribution is 7.80. The number of allylic oxidation sites excluding steroid dienone is 2. The summed E-state index contributed by atoms with van der Waals surface area (Å²) in [5, 5.41) is 2.73. The van der Waals surface area contributed by atoms with Crippen molar-refractivity contribution in [1.82, 2.24) is 15.3 Å². The third kappa shape index (κ3) is 5.05. The van der Waals surface area contributed by atoms with Crippen LogP contribution < -0.4 is 5.43 Å². The topological polar surface area (TPSA) is 35.6 Å². The van der Waals surface area contributed by atoms with Gasteiger partial charge in [0.2, 0.25) is 0 Å². The first-order chi connectivity index (χ1) is 14.6. The number of hydrogen-bond acceptors (Lipinski definition) is 4. The van der Waals surface area contributed by atoms with Gasteiger partial charge in [0.1, 0.15) is 0 Å². The Morgan fingerprint density at radius 2 is 1.63 bits per heavy atom. The van der Waals surface area contributed by atoms with Gasteiger partial charge in [0, 0.05) is 48.1 Å². The fourth-order valence-electron chi connectivity index (χ4n) is 3.92. The monoisotopic (exact) mass is 437 g/mol. The van der Waals surface area contributed by atoms with Crippen LogP contribution >= 0.6 is 23.8 Å². The van der Waals surface area contributed by atoms with E-state index in [2.05, 4.69) is 46.7 Å². The summed E-state index contributed by atoms with van der Waals surface area (Å²) in [5.74, 6) is -0.0981. The Hall–Kier alpha value is -2.31. The summed E-state index contributed by atoms with van der Waals surface area (Å²) in [4.78, 5) is 15.8. The molecule has 154 valence electrons. The first kappa shape index (κ1) is 20.9. The average Bonchev–Trinajstić information content (AvgIpc) is 2.77. The fraction of sp³-hybridized carbons (Fsp3) is 0.250. The van der Waals surface area contributed by atoms with Gasteiger partial charge in [-0.1, -0.05) is 78.4 Å². The van der Waals surface area contributed by atoms with Gasteiger partial charge >= 0.3 is 0 Å². The summed E-state index contributed by atoms with van der Waals surface area (Å²) in [5.41, 5.74) is 6.12. The largest absolute Gasteiger partial charge is 0.290 e. The second kappa shape index (κ2) is 9.67.